The lowest BCUT2D eigenvalue weighted by Crippen LogP contribution is -2.42. The second kappa shape index (κ2) is 7.18. The van der Waals surface area contributed by atoms with E-state index in [9.17, 15) is 13.2 Å². The number of ether oxygens (including phenoxy) is 1. The molecule has 2 N–H and O–H groups in total. The van der Waals surface area contributed by atoms with Crippen LogP contribution in [0.1, 0.15) is 25.7 Å². The van der Waals surface area contributed by atoms with Gasteiger partial charge in [-0.1, -0.05) is 12.8 Å². The van der Waals surface area contributed by atoms with Crippen LogP contribution in [0.25, 0.3) is 0 Å². The average Bonchev–Trinajstić information content (AvgIpc) is 2.47. The fourth-order valence-electron chi connectivity index (χ4n) is 2.17. The SMILES string of the molecule is NCC1CCCCCN1CCOCC(F)(F)F. The van der Waals surface area contributed by atoms with Crippen molar-refractivity contribution in [2.45, 2.75) is 37.9 Å². The molecule has 6 heteroatoms. The molecule has 1 fully saturated rings. The van der Waals surface area contributed by atoms with E-state index in [0.29, 0.717) is 19.1 Å². The van der Waals surface area contributed by atoms with Gasteiger partial charge in [-0.05, 0) is 19.4 Å². The minimum absolute atomic E-state index is 0.121. The van der Waals surface area contributed by atoms with Gasteiger partial charge in [-0.2, -0.15) is 13.2 Å². The lowest BCUT2D eigenvalue weighted by molar-refractivity contribution is -0.174. The molecule has 0 radical (unpaired) electrons. The van der Waals surface area contributed by atoms with Crippen molar-refractivity contribution in [1.29, 1.82) is 0 Å². The van der Waals surface area contributed by atoms with E-state index in [1.54, 1.807) is 0 Å². The molecule has 17 heavy (non-hydrogen) atoms. The lowest BCUT2D eigenvalue weighted by Gasteiger charge is -2.28. The molecule has 0 bridgehead atoms. The van der Waals surface area contributed by atoms with Crippen molar-refractivity contribution >= 4 is 0 Å². The second-order valence-corrected chi connectivity index (χ2v) is 4.44. The average molecular weight is 254 g/mol. The van der Waals surface area contributed by atoms with Crippen molar-refractivity contribution < 1.29 is 17.9 Å². The summed E-state index contributed by atoms with van der Waals surface area (Å²) >= 11 is 0. The van der Waals surface area contributed by atoms with E-state index in [0.717, 1.165) is 25.8 Å². The summed E-state index contributed by atoms with van der Waals surface area (Å²) < 4.78 is 40.2. The van der Waals surface area contributed by atoms with Gasteiger partial charge in [0.05, 0.1) is 6.61 Å². The fourth-order valence-corrected chi connectivity index (χ4v) is 2.17. The van der Waals surface area contributed by atoms with E-state index in [2.05, 4.69) is 9.64 Å². The maximum absolute atomic E-state index is 11.9. The van der Waals surface area contributed by atoms with Crippen molar-refractivity contribution in [3.63, 3.8) is 0 Å². The zero-order valence-electron chi connectivity index (χ0n) is 10.0. The Hall–Kier alpha value is -0.330. The molecule has 3 nitrogen and oxygen atoms in total. The van der Waals surface area contributed by atoms with Crippen LogP contribution < -0.4 is 5.73 Å². The summed E-state index contributed by atoms with van der Waals surface area (Å²) in [5.41, 5.74) is 5.67. The zero-order chi connectivity index (χ0) is 12.7. The number of likely N-dealkylation sites (tertiary alicyclic amines) is 1. The van der Waals surface area contributed by atoms with Crippen LogP contribution in [-0.2, 0) is 4.74 Å². The van der Waals surface area contributed by atoms with Crippen LogP contribution in [0.3, 0.4) is 0 Å². The molecule has 1 saturated heterocycles. The van der Waals surface area contributed by atoms with E-state index in [1.165, 1.54) is 6.42 Å². The van der Waals surface area contributed by atoms with Crippen LogP contribution in [0.5, 0.6) is 0 Å². The lowest BCUT2D eigenvalue weighted by atomic mass is 10.1. The zero-order valence-corrected chi connectivity index (χ0v) is 10.0. The van der Waals surface area contributed by atoms with E-state index < -0.39 is 12.8 Å². The first-order chi connectivity index (χ1) is 8.03. The van der Waals surface area contributed by atoms with E-state index in [1.807, 2.05) is 0 Å². The first-order valence-electron chi connectivity index (χ1n) is 6.11. The molecule has 0 amide bonds. The van der Waals surface area contributed by atoms with Crippen molar-refractivity contribution in [3.05, 3.63) is 0 Å². The highest BCUT2D eigenvalue weighted by atomic mass is 19.4. The highest BCUT2D eigenvalue weighted by Gasteiger charge is 2.27. The van der Waals surface area contributed by atoms with Crippen molar-refractivity contribution in [2.24, 2.45) is 5.73 Å². The number of rotatable bonds is 5. The Balaban J connectivity index is 2.23. The summed E-state index contributed by atoms with van der Waals surface area (Å²) in [7, 11) is 0. The highest BCUT2D eigenvalue weighted by Crippen LogP contribution is 2.17. The monoisotopic (exact) mass is 254 g/mol. The van der Waals surface area contributed by atoms with E-state index in [4.69, 9.17) is 5.73 Å². The van der Waals surface area contributed by atoms with E-state index in [-0.39, 0.29) is 6.61 Å². The molecule has 0 aromatic rings. The number of hydrogen-bond acceptors (Lipinski definition) is 3. The normalized spacial score (nSPS) is 23.6. The van der Waals surface area contributed by atoms with Crippen LogP contribution in [0.2, 0.25) is 0 Å². The number of nitrogens with zero attached hydrogens (tertiary/aromatic N) is 1. The summed E-state index contributed by atoms with van der Waals surface area (Å²) in [6.45, 7) is 0.985. The number of alkyl halides is 3. The molecule has 0 aromatic heterocycles. The van der Waals surface area contributed by atoms with Crippen molar-refractivity contribution in [1.82, 2.24) is 4.90 Å². The molecule has 0 aromatic carbocycles. The van der Waals surface area contributed by atoms with Gasteiger partial charge < -0.3 is 10.5 Å². The van der Waals surface area contributed by atoms with E-state index >= 15 is 0 Å². The minimum atomic E-state index is -4.23. The Bertz CT molecular complexity index is 211. The molecule has 1 atom stereocenters. The molecular formula is C11H21F3N2O. The Morgan fingerprint density at radius 2 is 2.00 bits per heavy atom. The Labute approximate surface area is 100 Å². The summed E-state index contributed by atoms with van der Waals surface area (Å²) in [5.74, 6) is 0. The predicted molar refractivity (Wildman–Crippen MR) is 59.8 cm³/mol. The van der Waals surface area contributed by atoms with Gasteiger partial charge in [-0.15, -0.1) is 0 Å². The molecule has 0 spiro atoms. The molecule has 1 unspecified atom stereocenters. The van der Waals surface area contributed by atoms with Gasteiger partial charge in [-0.25, -0.2) is 0 Å². The third-order valence-electron chi connectivity index (χ3n) is 3.06. The smallest absolute Gasteiger partial charge is 0.371 e. The number of halogens is 3. The van der Waals surface area contributed by atoms with Crippen LogP contribution in [-0.4, -0.2) is 50.0 Å². The van der Waals surface area contributed by atoms with Crippen LogP contribution in [0, 0.1) is 0 Å². The molecule has 1 rings (SSSR count). The largest absolute Gasteiger partial charge is 0.411 e. The minimum Gasteiger partial charge on any atom is -0.371 e. The Kier molecular flexibility index (Phi) is 6.22. The Morgan fingerprint density at radius 1 is 1.24 bits per heavy atom. The third kappa shape index (κ3) is 6.24. The maximum Gasteiger partial charge on any atom is 0.411 e. The number of hydrogen-bond donors (Lipinski definition) is 1. The van der Waals surface area contributed by atoms with Gasteiger partial charge in [0, 0.05) is 19.1 Å². The molecule has 0 aliphatic carbocycles. The summed E-state index contributed by atoms with van der Waals surface area (Å²) in [6.07, 6.45) is 0.232. The number of nitrogens with two attached hydrogens (primary N) is 1. The van der Waals surface area contributed by atoms with Gasteiger partial charge in [0.2, 0.25) is 0 Å². The molecule has 1 aliphatic heterocycles. The highest BCUT2D eigenvalue weighted by molar-refractivity contribution is 4.75. The topological polar surface area (TPSA) is 38.5 Å². The molecule has 1 heterocycles. The quantitative estimate of drug-likeness (QED) is 0.760. The van der Waals surface area contributed by atoms with Gasteiger partial charge in [0.25, 0.3) is 0 Å². The third-order valence-corrected chi connectivity index (χ3v) is 3.06. The summed E-state index contributed by atoms with van der Waals surface area (Å²) in [6, 6.07) is 0.298. The summed E-state index contributed by atoms with van der Waals surface area (Å²) in [5, 5.41) is 0. The van der Waals surface area contributed by atoms with Gasteiger partial charge in [-0.3, -0.25) is 4.90 Å². The van der Waals surface area contributed by atoms with Gasteiger partial charge in [0.15, 0.2) is 0 Å². The molecule has 0 saturated carbocycles. The predicted octanol–water partition coefficient (Wildman–Crippen LogP) is 1.77. The van der Waals surface area contributed by atoms with Crippen LogP contribution in [0.4, 0.5) is 13.2 Å². The second-order valence-electron chi connectivity index (χ2n) is 4.44. The van der Waals surface area contributed by atoms with Crippen molar-refractivity contribution in [2.75, 3.05) is 32.8 Å². The first-order valence-corrected chi connectivity index (χ1v) is 6.11. The molecule has 102 valence electrons. The Morgan fingerprint density at radius 3 is 2.65 bits per heavy atom. The first kappa shape index (κ1) is 14.7. The molecule has 1 aliphatic rings. The van der Waals surface area contributed by atoms with Gasteiger partial charge >= 0.3 is 6.18 Å². The fraction of sp³-hybridized carbons (Fsp3) is 1.00. The van der Waals surface area contributed by atoms with Crippen LogP contribution >= 0.6 is 0 Å². The standard InChI is InChI=1S/C11H21F3N2O/c12-11(13,14)9-17-7-6-16-5-3-1-2-4-10(16)8-15/h10H,1-9,15H2. The summed E-state index contributed by atoms with van der Waals surface area (Å²) in [4.78, 5) is 2.16. The van der Waals surface area contributed by atoms with Crippen molar-refractivity contribution in [3.8, 4) is 0 Å². The maximum atomic E-state index is 11.9. The van der Waals surface area contributed by atoms with Gasteiger partial charge in [0.1, 0.15) is 6.61 Å². The molecular weight excluding hydrogens is 233 g/mol. The van der Waals surface area contributed by atoms with Crippen LogP contribution in [0.15, 0.2) is 0 Å².